The number of benzene rings is 1. The number of nitrogens with two attached hydrogens (primary N) is 1. The van der Waals surface area contributed by atoms with Crippen LogP contribution in [0.15, 0.2) is 42.6 Å². The number of carbonyl (C=O) groups excluding carboxylic acids is 2. The van der Waals surface area contributed by atoms with Crippen molar-refractivity contribution >= 4 is 22.8 Å². The van der Waals surface area contributed by atoms with E-state index in [0.29, 0.717) is 0 Å². The van der Waals surface area contributed by atoms with E-state index in [0.717, 1.165) is 16.9 Å². The van der Waals surface area contributed by atoms with Crippen LogP contribution in [0.2, 0.25) is 0 Å². The Kier molecular flexibility index (Phi) is 4.71. The van der Waals surface area contributed by atoms with E-state index in [-0.39, 0.29) is 29.2 Å². The van der Waals surface area contributed by atoms with E-state index < -0.39 is 5.91 Å². The van der Waals surface area contributed by atoms with Gasteiger partial charge >= 0.3 is 0 Å². The predicted molar refractivity (Wildman–Crippen MR) is 98.8 cm³/mol. The molecule has 0 radical (unpaired) electrons. The van der Waals surface area contributed by atoms with Crippen molar-refractivity contribution in [2.24, 2.45) is 5.73 Å². The lowest BCUT2D eigenvalue weighted by Gasteiger charge is -2.18. The molecule has 0 spiro atoms. The monoisotopic (exact) mass is 351 g/mol. The van der Waals surface area contributed by atoms with E-state index in [4.69, 9.17) is 5.73 Å². The fourth-order valence-electron chi connectivity index (χ4n) is 2.92. The number of hydrogen-bond donors (Lipinski definition) is 2. The van der Waals surface area contributed by atoms with Gasteiger partial charge in [-0.1, -0.05) is 12.1 Å². The quantitative estimate of drug-likeness (QED) is 0.737. The summed E-state index contributed by atoms with van der Waals surface area (Å²) in [6, 6.07) is 10.7. The molecule has 2 amide bonds. The van der Waals surface area contributed by atoms with Gasteiger partial charge in [0.05, 0.1) is 22.6 Å². The summed E-state index contributed by atoms with van der Waals surface area (Å²) in [5.41, 5.74) is 7.59. The molecule has 1 unspecified atom stereocenters. The molecule has 0 aliphatic heterocycles. The Morgan fingerprint density at radius 3 is 2.46 bits per heavy atom. The summed E-state index contributed by atoms with van der Waals surface area (Å²) in [6.45, 7) is 6.04. The third kappa shape index (κ3) is 3.28. The largest absolute Gasteiger partial charge is 0.366 e. The molecule has 0 saturated carbocycles. The molecule has 2 aromatic heterocycles. The first-order chi connectivity index (χ1) is 12.4. The molecule has 1 atom stereocenters. The molecule has 7 heteroatoms. The van der Waals surface area contributed by atoms with Crippen LogP contribution in [0.25, 0.3) is 11.0 Å². The number of hydrogen-bond acceptors (Lipinski definition) is 4. The van der Waals surface area contributed by atoms with Crippen molar-refractivity contribution in [3.05, 3.63) is 59.7 Å². The summed E-state index contributed by atoms with van der Waals surface area (Å²) in [5, 5.41) is 2.92. The van der Waals surface area contributed by atoms with Gasteiger partial charge < -0.3 is 15.6 Å². The van der Waals surface area contributed by atoms with E-state index in [9.17, 15) is 9.59 Å². The highest BCUT2D eigenvalue weighted by Crippen LogP contribution is 2.25. The van der Waals surface area contributed by atoms with Gasteiger partial charge in [0.15, 0.2) is 0 Å². The Labute approximate surface area is 151 Å². The molecule has 7 nitrogen and oxygen atoms in total. The number of rotatable bonds is 5. The van der Waals surface area contributed by atoms with Crippen LogP contribution in [-0.2, 0) is 0 Å². The Bertz CT molecular complexity index is 960. The van der Waals surface area contributed by atoms with Crippen LogP contribution in [-0.4, -0.2) is 26.3 Å². The number of amides is 2. The molecule has 1 aromatic carbocycles. The topological polar surface area (TPSA) is 103 Å². The Hall–Kier alpha value is -3.22. The molecule has 0 saturated heterocycles. The van der Waals surface area contributed by atoms with Gasteiger partial charge in [0.2, 0.25) is 5.91 Å². The number of primary amides is 1. The molecule has 0 aliphatic carbocycles. The Morgan fingerprint density at radius 1 is 1.12 bits per heavy atom. The van der Waals surface area contributed by atoms with Gasteiger partial charge in [0, 0.05) is 12.2 Å². The average Bonchev–Trinajstić information content (AvgIpc) is 3.01. The van der Waals surface area contributed by atoms with Gasteiger partial charge in [-0.3, -0.25) is 14.6 Å². The average molecular weight is 351 g/mol. The van der Waals surface area contributed by atoms with Crippen LogP contribution < -0.4 is 11.1 Å². The zero-order chi connectivity index (χ0) is 18.8. The van der Waals surface area contributed by atoms with Crippen LogP contribution in [0.3, 0.4) is 0 Å². The lowest BCUT2D eigenvalue weighted by Crippen LogP contribution is -2.29. The van der Waals surface area contributed by atoms with Gasteiger partial charge in [-0.25, -0.2) is 4.98 Å². The van der Waals surface area contributed by atoms with Crippen molar-refractivity contribution in [3.63, 3.8) is 0 Å². The van der Waals surface area contributed by atoms with Crippen molar-refractivity contribution in [2.75, 3.05) is 0 Å². The van der Waals surface area contributed by atoms with Crippen LogP contribution in [0.1, 0.15) is 59.5 Å². The van der Waals surface area contributed by atoms with Crippen molar-refractivity contribution < 1.29 is 9.59 Å². The molecule has 0 aliphatic rings. The summed E-state index contributed by atoms with van der Waals surface area (Å²) in [5.74, 6) is -0.136. The SMILES string of the molecule is CC(NC(=O)c1ccc(C(N)=O)cn1)c1nc2ccccc2n1C(C)C. The van der Waals surface area contributed by atoms with Crippen LogP contribution in [0, 0.1) is 0 Å². The first kappa shape index (κ1) is 17.6. The number of imidazole rings is 1. The number of pyridine rings is 1. The van der Waals surface area contributed by atoms with E-state index in [2.05, 4.69) is 33.7 Å². The summed E-state index contributed by atoms with van der Waals surface area (Å²) in [6.07, 6.45) is 1.30. The van der Waals surface area contributed by atoms with Gasteiger partial charge in [-0.2, -0.15) is 0 Å². The van der Waals surface area contributed by atoms with Crippen molar-refractivity contribution in [1.29, 1.82) is 0 Å². The number of carbonyl (C=O) groups is 2. The molecule has 0 fully saturated rings. The van der Waals surface area contributed by atoms with Gasteiger partial charge in [-0.05, 0) is 45.0 Å². The van der Waals surface area contributed by atoms with E-state index in [1.165, 1.54) is 18.3 Å². The number of nitrogens with zero attached hydrogens (tertiary/aromatic N) is 3. The van der Waals surface area contributed by atoms with Crippen LogP contribution >= 0.6 is 0 Å². The minimum absolute atomic E-state index is 0.199. The maximum atomic E-state index is 12.5. The molecular formula is C19H21N5O2. The number of aromatic nitrogens is 3. The number of fused-ring (bicyclic) bond motifs is 1. The Morgan fingerprint density at radius 2 is 1.85 bits per heavy atom. The molecule has 2 heterocycles. The molecule has 3 rings (SSSR count). The second kappa shape index (κ2) is 6.95. The predicted octanol–water partition coefficient (Wildman–Crippen LogP) is 2.60. The van der Waals surface area contributed by atoms with Gasteiger partial charge in [-0.15, -0.1) is 0 Å². The summed E-state index contributed by atoms with van der Waals surface area (Å²) in [4.78, 5) is 32.3. The zero-order valence-electron chi connectivity index (χ0n) is 14.9. The molecular weight excluding hydrogens is 330 g/mol. The summed E-state index contributed by atoms with van der Waals surface area (Å²) >= 11 is 0. The second-order valence-electron chi connectivity index (χ2n) is 6.41. The van der Waals surface area contributed by atoms with E-state index >= 15 is 0 Å². The van der Waals surface area contributed by atoms with Gasteiger partial charge in [0.1, 0.15) is 11.5 Å². The standard InChI is InChI=1S/C19H21N5O2/c1-11(2)24-16-7-5-4-6-14(16)23-18(24)12(3)22-19(26)15-9-8-13(10-21-15)17(20)25/h4-12H,1-3H3,(H2,20,25)(H,22,26). The first-order valence-electron chi connectivity index (χ1n) is 8.42. The minimum atomic E-state index is -0.580. The van der Waals surface area contributed by atoms with Crippen LogP contribution in [0.4, 0.5) is 0 Å². The smallest absolute Gasteiger partial charge is 0.270 e. The van der Waals surface area contributed by atoms with Crippen LogP contribution in [0.5, 0.6) is 0 Å². The maximum absolute atomic E-state index is 12.5. The van der Waals surface area contributed by atoms with E-state index in [1.807, 2.05) is 31.2 Å². The molecule has 3 aromatic rings. The molecule has 3 N–H and O–H groups in total. The molecule has 134 valence electrons. The highest BCUT2D eigenvalue weighted by molar-refractivity contribution is 5.95. The van der Waals surface area contributed by atoms with Gasteiger partial charge in [0.25, 0.3) is 5.91 Å². The summed E-state index contributed by atoms with van der Waals surface area (Å²) in [7, 11) is 0. The normalized spacial score (nSPS) is 12.3. The zero-order valence-corrected chi connectivity index (χ0v) is 14.9. The fraction of sp³-hybridized carbons (Fsp3) is 0.263. The highest BCUT2D eigenvalue weighted by Gasteiger charge is 2.20. The highest BCUT2D eigenvalue weighted by atomic mass is 16.2. The number of para-hydroxylation sites is 2. The van der Waals surface area contributed by atoms with Crippen molar-refractivity contribution in [2.45, 2.75) is 32.9 Å². The van der Waals surface area contributed by atoms with E-state index in [1.54, 1.807) is 0 Å². The third-order valence-corrected chi connectivity index (χ3v) is 4.16. The Balaban J connectivity index is 1.86. The number of nitrogens with one attached hydrogen (secondary N) is 1. The second-order valence-corrected chi connectivity index (χ2v) is 6.41. The third-order valence-electron chi connectivity index (χ3n) is 4.16. The molecule has 0 bridgehead atoms. The van der Waals surface area contributed by atoms with Crippen molar-refractivity contribution in [1.82, 2.24) is 19.9 Å². The van der Waals surface area contributed by atoms with Crippen molar-refractivity contribution in [3.8, 4) is 0 Å². The summed E-state index contributed by atoms with van der Waals surface area (Å²) < 4.78 is 2.11. The first-order valence-corrected chi connectivity index (χ1v) is 8.42. The lowest BCUT2D eigenvalue weighted by molar-refractivity contribution is 0.0930. The fourth-order valence-corrected chi connectivity index (χ4v) is 2.92. The minimum Gasteiger partial charge on any atom is -0.366 e. The molecule has 26 heavy (non-hydrogen) atoms. The lowest BCUT2D eigenvalue weighted by atomic mass is 10.2. The maximum Gasteiger partial charge on any atom is 0.270 e.